The van der Waals surface area contributed by atoms with Crippen LogP contribution in [-0.2, 0) is 22.9 Å². The molecule has 2 heterocycles. The van der Waals surface area contributed by atoms with E-state index in [4.69, 9.17) is 0 Å². The van der Waals surface area contributed by atoms with E-state index >= 15 is 0 Å². The fourth-order valence-electron chi connectivity index (χ4n) is 3.38. The lowest BCUT2D eigenvalue weighted by atomic mass is 10.2. The summed E-state index contributed by atoms with van der Waals surface area (Å²) in [5.74, 6) is 0.205. The summed E-state index contributed by atoms with van der Waals surface area (Å²) in [7, 11) is -3.39. The molecular weight excluding hydrogens is 334 g/mol. The molecule has 0 spiro atoms. The fourth-order valence-corrected chi connectivity index (χ4v) is 5.14. The van der Waals surface area contributed by atoms with Gasteiger partial charge in [0.2, 0.25) is 15.0 Å². The maximum Gasteiger partial charge on any atom is 0.228 e. The van der Waals surface area contributed by atoms with Gasteiger partial charge in [0, 0.05) is 6.54 Å². The number of hydrogen-bond acceptors (Lipinski definition) is 4. The van der Waals surface area contributed by atoms with Crippen molar-refractivity contribution in [2.45, 2.75) is 44.9 Å². The van der Waals surface area contributed by atoms with Crippen molar-refractivity contribution in [3.8, 4) is 0 Å². The molecule has 0 aliphatic carbocycles. The highest BCUT2D eigenvalue weighted by Gasteiger charge is 2.25. The molecule has 5 nitrogen and oxygen atoms in total. The Morgan fingerprint density at radius 1 is 1.08 bits per heavy atom. The quantitative estimate of drug-likeness (QED) is 0.761. The Kier molecular flexibility index (Phi) is 5.59. The normalized spacial score (nSPS) is 16.0. The minimum Gasteiger partial charge on any atom is -0.313 e. The molecule has 6 heteroatoms. The van der Waals surface area contributed by atoms with Gasteiger partial charge in [-0.3, -0.25) is 4.90 Å². The van der Waals surface area contributed by atoms with Crippen LogP contribution in [-0.4, -0.2) is 41.7 Å². The molecule has 136 valence electrons. The van der Waals surface area contributed by atoms with Gasteiger partial charge in [0.25, 0.3) is 0 Å². The van der Waals surface area contributed by atoms with E-state index in [1.54, 1.807) is 6.20 Å². The third-order valence-corrected chi connectivity index (χ3v) is 6.49. The summed E-state index contributed by atoms with van der Waals surface area (Å²) in [5, 5.41) is 0.208. The lowest BCUT2D eigenvalue weighted by Crippen LogP contribution is -2.23. The predicted octanol–water partition coefficient (Wildman–Crippen LogP) is 2.96. The van der Waals surface area contributed by atoms with Crippen molar-refractivity contribution in [3.63, 3.8) is 0 Å². The van der Waals surface area contributed by atoms with Crippen LogP contribution in [0.3, 0.4) is 0 Å². The highest BCUT2D eigenvalue weighted by molar-refractivity contribution is 7.91. The molecule has 1 aliphatic rings. The Balaban J connectivity index is 1.95. The molecule has 0 saturated carbocycles. The van der Waals surface area contributed by atoms with Crippen LogP contribution < -0.4 is 0 Å². The minimum atomic E-state index is -3.39. The molecule has 25 heavy (non-hydrogen) atoms. The summed E-state index contributed by atoms with van der Waals surface area (Å²) in [5.41, 5.74) is 2.07. The third-order valence-electron chi connectivity index (χ3n) is 4.50. The zero-order valence-electron chi connectivity index (χ0n) is 15.1. The lowest BCUT2D eigenvalue weighted by molar-refractivity contribution is 0.320. The average Bonchev–Trinajstić information content (AvgIpc) is 3.19. The minimum absolute atomic E-state index is 0.0777. The topological polar surface area (TPSA) is 55.2 Å². The van der Waals surface area contributed by atoms with Crippen LogP contribution >= 0.6 is 0 Å². The van der Waals surface area contributed by atoms with Crippen molar-refractivity contribution < 1.29 is 8.42 Å². The second kappa shape index (κ2) is 7.70. The Labute approximate surface area is 150 Å². The molecule has 1 aromatic carbocycles. The lowest BCUT2D eigenvalue weighted by Gasteiger charge is -2.18. The van der Waals surface area contributed by atoms with Crippen LogP contribution in [0.1, 0.15) is 37.9 Å². The van der Waals surface area contributed by atoms with E-state index < -0.39 is 9.84 Å². The number of rotatable bonds is 7. The van der Waals surface area contributed by atoms with E-state index in [0.717, 1.165) is 30.9 Å². The monoisotopic (exact) mass is 361 g/mol. The van der Waals surface area contributed by atoms with Crippen molar-refractivity contribution in [2.24, 2.45) is 5.92 Å². The summed E-state index contributed by atoms with van der Waals surface area (Å²) in [6, 6.07) is 9.99. The molecule has 0 atom stereocenters. The summed E-state index contributed by atoms with van der Waals surface area (Å²) in [4.78, 5) is 6.70. The molecule has 1 aromatic heterocycles. The molecule has 0 unspecified atom stereocenters. The zero-order chi connectivity index (χ0) is 17.9. The number of sulfone groups is 1. The van der Waals surface area contributed by atoms with Crippen molar-refractivity contribution in [1.82, 2.24) is 14.5 Å². The van der Waals surface area contributed by atoms with Gasteiger partial charge in [0.05, 0.1) is 24.2 Å². The van der Waals surface area contributed by atoms with Gasteiger partial charge in [-0.05, 0) is 37.4 Å². The van der Waals surface area contributed by atoms with Crippen LogP contribution in [0.15, 0.2) is 41.7 Å². The standard InChI is InChI=1S/C19H27N3O2S/c1-16(2)15-25(23,24)19-20-12-18(14-21-10-6-7-11-21)22(19)13-17-8-4-3-5-9-17/h3-5,8-9,12,16H,6-7,10-11,13-15H2,1-2H3. The van der Waals surface area contributed by atoms with Gasteiger partial charge < -0.3 is 4.57 Å². The van der Waals surface area contributed by atoms with E-state index in [1.165, 1.54) is 12.8 Å². The maximum absolute atomic E-state index is 12.8. The molecule has 1 saturated heterocycles. The van der Waals surface area contributed by atoms with Crippen LogP contribution in [0.25, 0.3) is 0 Å². The van der Waals surface area contributed by atoms with Gasteiger partial charge in [0.15, 0.2) is 0 Å². The Morgan fingerprint density at radius 2 is 1.76 bits per heavy atom. The van der Waals surface area contributed by atoms with Crippen molar-refractivity contribution in [3.05, 3.63) is 47.8 Å². The van der Waals surface area contributed by atoms with Crippen LogP contribution in [0.4, 0.5) is 0 Å². The highest BCUT2D eigenvalue weighted by atomic mass is 32.2. The molecule has 0 amide bonds. The van der Waals surface area contributed by atoms with Gasteiger partial charge in [0.1, 0.15) is 0 Å². The highest BCUT2D eigenvalue weighted by Crippen LogP contribution is 2.20. The Morgan fingerprint density at radius 3 is 2.40 bits per heavy atom. The van der Waals surface area contributed by atoms with E-state index in [2.05, 4.69) is 9.88 Å². The molecule has 1 fully saturated rings. The number of hydrogen-bond donors (Lipinski definition) is 0. The number of benzene rings is 1. The smallest absolute Gasteiger partial charge is 0.228 e. The first-order chi connectivity index (χ1) is 12.0. The second-order valence-electron chi connectivity index (χ2n) is 7.26. The van der Waals surface area contributed by atoms with Crippen LogP contribution in [0.5, 0.6) is 0 Å². The van der Waals surface area contributed by atoms with E-state index in [9.17, 15) is 8.42 Å². The van der Waals surface area contributed by atoms with E-state index in [-0.39, 0.29) is 16.8 Å². The van der Waals surface area contributed by atoms with E-state index in [1.807, 2.05) is 48.7 Å². The van der Waals surface area contributed by atoms with E-state index in [0.29, 0.717) is 6.54 Å². The zero-order valence-corrected chi connectivity index (χ0v) is 15.9. The predicted molar refractivity (Wildman–Crippen MR) is 99.2 cm³/mol. The van der Waals surface area contributed by atoms with Crippen molar-refractivity contribution >= 4 is 9.84 Å². The first kappa shape index (κ1) is 18.1. The summed E-state index contributed by atoms with van der Waals surface area (Å²) >= 11 is 0. The SMILES string of the molecule is CC(C)CS(=O)(=O)c1ncc(CN2CCCC2)n1Cc1ccccc1. The molecule has 0 bridgehead atoms. The maximum atomic E-state index is 12.8. The van der Waals surface area contributed by atoms with Crippen molar-refractivity contribution in [2.75, 3.05) is 18.8 Å². The Hall–Kier alpha value is -1.66. The summed E-state index contributed by atoms with van der Waals surface area (Å²) in [6.07, 6.45) is 4.17. The van der Waals surface area contributed by atoms with Gasteiger partial charge in [-0.1, -0.05) is 44.2 Å². The number of likely N-dealkylation sites (tertiary alicyclic amines) is 1. The molecule has 1 aliphatic heterocycles. The molecule has 0 radical (unpaired) electrons. The average molecular weight is 362 g/mol. The van der Waals surface area contributed by atoms with Gasteiger partial charge in [-0.2, -0.15) is 0 Å². The molecule has 3 rings (SSSR count). The van der Waals surface area contributed by atoms with Crippen molar-refractivity contribution in [1.29, 1.82) is 0 Å². The van der Waals surface area contributed by atoms with Gasteiger partial charge in [-0.25, -0.2) is 13.4 Å². The number of nitrogens with zero attached hydrogens (tertiary/aromatic N) is 3. The summed E-state index contributed by atoms with van der Waals surface area (Å²) in [6.45, 7) is 7.29. The fraction of sp³-hybridized carbons (Fsp3) is 0.526. The first-order valence-electron chi connectivity index (χ1n) is 8.99. The van der Waals surface area contributed by atoms with Gasteiger partial charge >= 0.3 is 0 Å². The molecule has 0 N–H and O–H groups in total. The Bertz CT molecular complexity index is 791. The third kappa shape index (κ3) is 4.50. The second-order valence-corrected chi connectivity index (χ2v) is 9.19. The largest absolute Gasteiger partial charge is 0.313 e. The van der Waals surface area contributed by atoms with Gasteiger partial charge in [-0.15, -0.1) is 0 Å². The first-order valence-corrected chi connectivity index (χ1v) is 10.6. The molecular formula is C19H27N3O2S. The molecule has 2 aromatic rings. The summed E-state index contributed by atoms with van der Waals surface area (Å²) < 4.78 is 27.5. The van der Waals surface area contributed by atoms with Crippen LogP contribution in [0.2, 0.25) is 0 Å². The number of aromatic nitrogens is 2. The number of imidazole rings is 1. The van der Waals surface area contributed by atoms with Crippen LogP contribution in [0, 0.1) is 5.92 Å².